The van der Waals surface area contributed by atoms with E-state index in [-0.39, 0.29) is 5.75 Å². The van der Waals surface area contributed by atoms with Gasteiger partial charge in [0, 0.05) is 24.7 Å². The maximum absolute atomic E-state index is 9.66. The molecule has 0 saturated carbocycles. The van der Waals surface area contributed by atoms with Crippen molar-refractivity contribution in [2.24, 2.45) is 0 Å². The first-order valence-corrected chi connectivity index (χ1v) is 9.91. The molecule has 27 heavy (non-hydrogen) atoms. The third-order valence-corrected chi connectivity index (χ3v) is 5.71. The second-order valence-electron chi connectivity index (χ2n) is 7.61. The van der Waals surface area contributed by atoms with Crippen LogP contribution in [-0.2, 0) is 6.67 Å². The van der Waals surface area contributed by atoms with Crippen LogP contribution in [0.3, 0.4) is 0 Å². The summed E-state index contributed by atoms with van der Waals surface area (Å²) in [5, 5.41) is 10.7. The van der Waals surface area contributed by atoms with E-state index in [9.17, 15) is 5.11 Å². The average molecular weight is 363 g/mol. The summed E-state index contributed by atoms with van der Waals surface area (Å²) in [5.74, 6) is 1.13. The van der Waals surface area contributed by atoms with Crippen molar-refractivity contribution in [3.8, 4) is 17.0 Å². The molecule has 4 heterocycles. The minimum absolute atomic E-state index is 0.289. The number of aromatic nitrogens is 3. The van der Waals surface area contributed by atoms with Crippen molar-refractivity contribution in [3.05, 3.63) is 36.5 Å². The van der Waals surface area contributed by atoms with Gasteiger partial charge in [0.2, 0.25) is 5.95 Å². The van der Waals surface area contributed by atoms with Crippen molar-refractivity contribution in [3.63, 3.8) is 0 Å². The molecule has 2 saturated heterocycles. The van der Waals surface area contributed by atoms with Crippen LogP contribution >= 0.6 is 0 Å². The zero-order valence-electron chi connectivity index (χ0n) is 15.5. The average Bonchev–Trinajstić information content (AvgIpc) is 3.44. The van der Waals surface area contributed by atoms with Gasteiger partial charge in [0.15, 0.2) is 0 Å². The molecule has 1 aromatic carbocycles. The van der Waals surface area contributed by atoms with Crippen molar-refractivity contribution in [2.75, 3.05) is 31.1 Å². The highest BCUT2D eigenvalue weighted by Gasteiger charge is 2.20. The number of nitrogens with zero attached hydrogens (tertiary/aromatic N) is 5. The third-order valence-electron chi connectivity index (χ3n) is 5.71. The van der Waals surface area contributed by atoms with Crippen LogP contribution in [0.15, 0.2) is 36.5 Å². The van der Waals surface area contributed by atoms with Crippen molar-refractivity contribution >= 4 is 17.0 Å². The normalized spacial score (nSPS) is 18.0. The highest BCUT2D eigenvalue weighted by atomic mass is 16.3. The molecule has 2 aliphatic heterocycles. The van der Waals surface area contributed by atoms with Gasteiger partial charge >= 0.3 is 0 Å². The molecule has 1 N–H and O–H groups in total. The Morgan fingerprint density at radius 2 is 1.63 bits per heavy atom. The molecule has 0 bridgehead atoms. The van der Waals surface area contributed by atoms with Crippen LogP contribution in [0.4, 0.5) is 5.95 Å². The summed E-state index contributed by atoms with van der Waals surface area (Å²) >= 11 is 0. The topological polar surface area (TPSA) is 57.4 Å². The molecule has 0 amide bonds. The van der Waals surface area contributed by atoms with Crippen molar-refractivity contribution in [2.45, 2.75) is 32.4 Å². The molecule has 0 radical (unpaired) electrons. The lowest BCUT2D eigenvalue weighted by molar-refractivity contribution is 0.276. The fraction of sp³-hybridized carbons (Fsp3) is 0.429. The lowest BCUT2D eigenvalue weighted by Crippen LogP contribution is -2.24. The quantitative estimate of drug-likeness (QED) is 0.769. The monoisotopic (exact) mass is 363 g/mol. The van der Waals surface area contributed by atoms with Gasteiger partial charge in [0.25, 0.3) is 0 Å². The predicted molar refractivity (Wildman–Crippen MR) is 107 cm³/mol. The molecular weight excluding hydrogens is 338 g/mol. The van der Waals surface area contributed by atoms with E-state index in [4.69, 9.17) is 4.98 Å². The van der Waals surface area contributed by atoms with Gasteiger partial charge < -0.3 is 14.6 Å². The molecule has 2 fully saturated rings. The van der Waals surface area contributed by atoms with Crippen molar-refractivity contribution in [1.82, 2.24) is 19.4 Å². The third kappa shape index (κ3) is 3.14. The number of benzene rings is 1. The second kappa shape index (κ2) is 6.85. The van der Waals surface area contributed by atoms with Gasteiger partial charge in [0.05, 0.1) is 12.4 Å². The molecule has 6 heteroatoms. The van der Waals surface area contributed by atoms with Crippen molar-refractivity contribution < 1.29 is 5.11 Å². The van der Waals surface area contributed by atoms with E-state index >= 15 is 0 Å². The van der Waals surface area contributed by atoms with E-state index in [0.29, 0.717) is 0 Å². The van der Waals surface area contributed by atoms with Gasteiger partial charge in [-0.1, -0.05) is 0 Å². The lowest BCUT2D eigenvalue weighted by Gasteiger charge is -2.20. The Kier molecular flexibility index (Phi) is 4.20. The maximum atomic E-state index is 9.66. The predicted octanol–water partition coefficient (Wildman–Crippen LogP) is 3.46. The number of fused-ring (bicyclic) bond motifs is 1. The van der Waals surface area contributed by atoms with Crippen LogP contribution in [0.25, 0.3) is 22.3 Å². The van der Waals surface area contributed by atoms with Crippen LogP contribution in [0.2, 0.25) is 0 Å². The Morgan fingerprint density at radius 3 is 2.37 bits per heavy atom. The van der Waals surface area contributed by atoms with E-state index in [0.717, 1.165) is 61.1 Å². The van der Waals surface area contributed by atoms with Crippen LogP contribution in [0, 0.1) is 0 Å². The number of rotatable bonds is 4. The summed E-state index contributed by atoms with van der Waals surface area (Å²) in [7, 11) is 0. The number of phenols is 1. The molecule has 0 aliphatic carbocycles. The van der Waals surface area contributed by atoms with Gasteiger partial charge in [0.1, 0.15) is 11.4 Å². The minimum Gasteiger partial charge on any atom is -0.508 e. The second-order valence-corrected chi connectivity index (χ2v) is 7.61. The number of anilines is 1. The zero-order valence-corrected chi connectivity index (χ0v) is 15.5. The summed E-state index contributed by atoms with van der Waals surface area (Å²) in [5.41, 5.74) is 3.22. The molecule has 0 spiro atoms. The van der Waals surface area contributed by atoms with Crippen LogP contribution < -0.4 is 4.90 Å². The Balaban J connectivity index is 1.62. The number of hydrogen-bond donors (Lipinski definition) is 1. The Labute approximate surface area is 159 Å². The first kappa shape index (κ1) is 16.6. The smallest absolute Gasteiger partial charge is 0.227 e. The fourth-order valence-electron chi connectivity index (χ4n) is 4.24. The Morgan fingerprint density at radius 1 is 0.926 bits per heavy atom. The van der Waals surface area contributed by atoms with E-state index in [1.807, 2.05) is 18.3 Å². The number of hydrogen-bond acceptors (Lipinski definition) is 5. The molecule has 0 atom stereocenters. The maximum Gasteiger partial charge on any atom is 0.227 e. The van der Waals surface area contributed by atoms with Crippen LogP contribution in [0.1, 0.15) is 25.7 Å². The van der Waals surface area contributed by atoms with Crippen LogP contribution in [-0.4, -0.2) is 50.7 Å². The summed E-state index contributed by atoms with van der Waals surface area (Å²) in [6, 6.07) is 9.60. The zero-order chi connectivity index (χ0) is 18.2. The highest BCUT2D eigenvalue weighted by Crippen LogP contribution is 2.30. The van der Waals surface area contributed by atoms with Gasteiger partial charge in [-0.05, 0) is 74.7 Å². The molecule has 6 nitrogen and oxygen atoms in total. The number of phenolic OH excluding ortho intramolecular Hbond substituents is 1. The van der Waals surface area contributed by atoms with Crippen LogP contribution in [0.5, 0.6) is 5.75 Å². The van der Waals surface area contributed by atoms with Gasteiger partial charge in [-0.2, -0.15) is 4.98 Å². The van der Waals surface area contributed by atoms with Gasteiger partial charge in [-0.15, -0.1) is 0 Å². The molecular formula is C21H25N5O. The standard InChI is InChI=1S/C21H25N5O/c27-18-7-5-16(6-8-18)19-13-17-14-22-21(25-11-3-4-12-25)23-20(17)26(19)15-24-9-1-2-10-24/h5-8,13-14,27H,1-4,9-12,15H2. The summed E-state index contributed by atoms with van der Waals surface area (Å²) < 4.78 is 2.31. The first-order valence-electron chi connectivity index (χ1n) is 9.91. The summed E-state index contributed by atoms with van der Waals surface area (Å²) in [6.07, 6.45) is 6.92. The molecule has 0 unspecified atom stereocenters. The highest BCUT2D eigenvalue weighted by molar-refractivity contribution is 5.84. The van der Waals surface area contributed by atoms with E-state index in [1.165, 1.54) is 25.7 Å². The molecule has 2 aromatic heterocycles. The van der Waals surface area contributed by atoms with Gasteiger partial charge in [-0.25, -0.2) is 4.98 Å². The molecule has 5 rings (SSSR count). The lowest BCUT2D eigenvalue weighted by atomic mass is 10.1. The Hall–Kier alpha value is -2.60. The SMILES string of the molecule is Oc1ccc(-c2cc3cnc(N4CCCC4)nc3n2CN2CCCC2)cc1. The number of aromatic hydroxyl groups is 1. The Bertz CT molecular complexity index is 937. The van der Waals surface area contributed by atoms with E-state index in [2.05, 4.69) is 25.4 Å². The molecule has 3 aromatic rings. The largest absolute Gasteiger partial charge is 0.508 e. The number of likely N-dealkylation sites (tertiary alicyclic amines) is 1. The summed E-state index contributed by atoms with van der Waals surface area (Å²) in [6.45, 7) is 5.21. The molecule has 2 aliphatic rings. The van der Waals surface area contributed by atoms with E-state index in [1.54, 1.807) is 12.1 Å². The van der Waals surface area contributed by atoms with E-state index < -0.39 is 0 Å². The fourth-order valence-corrected chi connectivity index (χ4v) is 4.24. The van der Waals surface area contributed by atoms with Crippen molar-refractivity contribution in [1.29, 1.82) is 0 Å². The first-order chi connectivity index (χ1) is 13.3. The summed E-state index contributed by atoms with van der Waals surface area (Å²) in [4.78, 5) is 14.4. The molecule has 140 valence electrons. The van der Waals surface area contributed by atoms with Gasteiger partial charge in [-0.3, -0.25) is 4.90 Å². The minimum atomic E-state index is 0.289.